The average molecular weight is 386 g/mol. The molecule has 0 radical (unpaired) electrons. The number of carboxylic acid groups (broad SMARTS) is 2. The fraction of sp³-hybridized carbons (Fsp3) is 0.111. The monoisotopic (exact) mass is 386 g/mol. The molecule has 1 atom stereocenters. The van der Waals surface area contributed by atoms with E-state index in [9.17, 15) is 29.9 Å². The number of carboxylic acids is 2. The smallest absolute Gasteiger partial charge is 0.334 e. The summed E-state index contributed by atoms with van der Waals surface area (Å²) in [6.45, 7) is 1.54. The van der Waals surface area contributed by atoms with Crippen LogP contribution in [0.1, 0.15) is 23.3 Å². The lowest BCUT2D eigenvalue weighted by Crippen LogP contribution is -2.31. The summed E-state index contributed by atoms with van der Waals surface area (Å²) in [5, 5.41) is 35.3. The Labute approximate surface area is 157 Å². The lowest BCUT2D eigenvalue weighted by Gasteiger charge is -2.29. The second-order valence-corrected chi connectivity index (χ2v) is 6.77. The van der Waals surface area contributed by atoms with Gasteiger partial charge in [0.15, 0.2) is 0 Å². The standard InChI is InChI=1S/C18H14N2O6S/c1-9-13(17(21)22)14(10-4-2-5-11(8-10)20(25)26)15(18(23)24)16(19-9)12-6-3-7-27-12/h2-8,14,19H,1H3,(H,21,22)(H,23,24). The predicted molar refractivity (Wildman–Crippen MR) is 98.2 cm³/mol. The zero-order valence-electron chi connectivity index (χ0n) is 14.0. The van der Waals surface area contributed by atoms with E-state index in [0.717, 1.165) is 0 Å². The molecule has 0 spiro atoms. The second kappa shape index (κ2) is 7.04. The minimum atomic E-state index is -1.30. The van der Waals surface area contributed by atoms with Gasteiger partial charge in [-0.3, -0.25) is 10.1 Å². The average Bonchev–Trinajstić information content (AvgIpc) is 3.14. The molecule has 1 aromatic heterocycles. The van der Waals surface area contributed by atoms with Gasteiger partial charge in [-0.05, 0) is 23.9 Å². The molecule has 0 saturated heterocycles. The summed E-state index contributed by atoms with van der Waals surface area (Å²) < 4.78 is 0. The van der Waals surface area contributed by atoms with Gasteiger partial charge in [0.25, 0.3) is 5.69 Å². The van der Waals surface area contributed by atoms with Crippen LogP contribution in [0.3, 0.4) is 0 Å². The first-order chi connectivity index (χ1) is 12.8. The molecule has 8 nitrogen and oxygen atoms in total. The maximum absolute atomic E-state index is 12.1. The van der Waals surface area contributed by atoms with Crippen molar-refractivity contribution in [3.8, 4) is 0 Å². The Hall–Kier alpha value is -3.46. The van der Waals surface area contributed by atoms with Crippen LogP contribution in [-0.2, 0) is 9.59 Å². The summed E-state index contributed by atoms with van der Waals surface area (Å²) >= 11 is 1.31. The molecule has 138 valence electrons. The molecule has 9 heteroatoms. The number of hydrogen-bond acceptors (Lipinski definition) is 6. The SMILES string of the molecule is CC1=C(C(=O)O)C(c2cccc([N+](=O)[O-])c2)C(C(=O)O)=C(c2cccs2)N1. The highest BCUT2D eigenvalue weighted by atomic mass is 32.1. The third kappa shape index (κ3) is 3.32. The fourth-order valence-electron chi connectivity index (χ4n) is 3.11. The first-order valence-corrected chi connectivity index (χ1v) is 8.66. The van der Waals surface area contributed by atoms with Crippen LogP contribution >= 0.6 is 11.3 Å². The number of aliphatic carboxylic acids is 2. The van der Waals surface area contributed by atoms with E-state index >= 15 is 0 Å². The van der Waals surface area contributed by atoms with Crippen LogP contribution in [0.25, 0.3) is 5.70 Å². The summed E-state index contributed by atoms with van der Waals surface area (Å²) in [5.74, 6) is -3.74. The van der Waals surface area contributed by atoms with Gasteiger partial charge in [-0.1, -0.05) is 18.2 Å². The first kappa shape index (κ1) is 18.3. The Morgan fingerprint density at radius 1 is 1.15 bits per heavy atom. The lowest BCUT2D eigenvalue weighted by atomic mass is 9.80. The van der Waals surface area contributed by atoms with Crippen molar-refractivity contribution < 1.29 is 24.7 Å². The third-order valence-electron chi connectivity index (χ3n) is 4.21. The number of benzene rings is 1. The molecule has 0 saturated carbocycles. The van der Waals surface area contributed by atoms with E-state index in [1.807, 2.05) is 0 Å². The number of non-ortho nitro benzene ring substituents is 1. The van der Waals surface area contributed by atoms with Gasteiger partial charge >= 0.3 is 11.9 Å². The zero-order chi connectivity index (χ0) is 19.7. The molecule has 0 bridgehead atoms. The molecule has 1 aliphatic rings. The number of thiophene rings is 1. The summed E-state index contributed by atoms with van der Waals surface area (Å²) in [6.07, 6.45) is 0. The Morgan fingerprint density at radius 3 is 2.41 bits per heavy atom. The van der Waals surface area contributed by atoms with Gasteiger partial charge in [0, 0.05) is 17.8 Å². The predicted octanol–water partition coefficient (Wildman–Crippen LogP) is 3.20. The number of rotatable bonds is 5. The van der Waals surface area contributed by atoms with E-state index < -0.39 is 22.8 Å². The molecule has 2 aromatic rings. The van der Waals surface area contributed by atoms with Crippen molar-refractivity contribution in [2.75, 3.05) is 0 Å². The second-order valence-electron chi connectivity index (χ2n) is 5.83. The summed E-state index contributed by atoms with van der Waals surface area (Å²) in [4.78, 5) is 35.1. The minimum Gasteiger partial charge on any atom is -0.478 e. The van der Waals surface area contributed by atoms with Crippen molar-refractivity contribution in [3.05, 3.63) is 79.2 Å². The quantitative estimate of drug-likeness (QED) is 0.531. The molecule has 3 N–H and O–H groups in total. The molecule has 0 aliphatic carbocycles. The number of nitrogens with one attached hydrogen (secondary N) is 1. The van der Waals surface area contributed by atoms with Crippen LogP contribution in [0.2, 0.25) is 0 Å². The largest absolute Gasteiger partial charge is 0.478 e. The van der Waals surface area contributed by atoms with E-state index in [-0.39, 0.29) is 33.8 Å². The van der Waals surface area contributed by atoms with E-state index in [0.29, 0.717) is 4.88 Å². The van der Waals surface area contributed by atoms with E-state index in [4.69, 9.17) is 0 Å². The molecule has 3 rings (SSSR count). The van der Waals surface area contributed by atoms with Gasteiger partial charge < -0.3 is 15.5 Å². The molecule has 0 fully saturated rings. The van der Waals surface area contributed by atoms with Gasteiger partial charge in [-0.15, -0.1) is 11.3 Å². The van der Waals surface area contributed by atoms with Crippen LogP contribution in [0.4, 0.5) is 5.69 Å². The summed E-state index contributed by atoms with van der Waals surface area (Å²) in [7, 11) is 0. The highest BCUT2D eigenvalue weighted by Crippen LogP contribution is 2.42. The van der Waals surface area contributed by atoms with Crippen molar-refractivity contribution in [1.29, 1.82) is 0 Å². The Balaban J connectivity index is 2.30. The van der Waals surface area contributed by atoms with Crippen molar-refractivity contribution >= 4 is 34.7 Å². The van der Waals surface area contributed by atoms with Crippen molar-refractivity contribution in [2.24, 2.45) is 0 Å². The van der Waals surface area contributed by atoms with Crippen molar-refractivity contribution in [3.63, 3.8) is 0 Å². The van der Waals surface area contributed by atoms with Crippen molar-refractivity contribution in [1.82, 2.24) is 5.32 Å². The van der Waals surface area contributed by atoms with Gasteiger partial charge in [0.2, 0.25) is 0 Å². The van der Waals surface area contributed by atoms with Gasteiger partial charge in [-0.25, -0.2) is 9.59 Å². The Bertz CT molecular complexity index is 1010. The maximum atomic E-state index is 12.1. The van der Waals surface area contributed by atoms with E-state index in [2.05, 4.69) is 5.32 Å². The van der Waals surface area contributed by atoms with Crippen LogP contribution in [-0.4, -0.2) is 27.1 Å². The van der Waals surface area contributed by atoms with E-state index in [1.54, 1.807) is 24.4 Å². The zero-order valence-corrected chi connectivity index (χ0v) is 14.8. The highest BCUT2D eigenvalue weighted by molar-refractivity contribution is 7.11. The lowest BCUT2D eigenvalue weighted by molar-refractivity contribution is -0.384. The van der Waals surface area contributed by atoms with Crippen LogP contribution in [0, 0.1) is 10.1 Å². The molecule has 1 aromatic carbocycles. The molecule has 27 heavy (non-hydrogen) atoms. The van der Waals surface area contributed by atoms with Crippen LogP contribution in [0.15, 0.2) is 58.6 Å². The number of carbonyl (C=O) groups is 2. The Morgan fingerprint density at radius 2 is 1.85 bits per heavy atom. The number of nitrogens with zero attached hydrogens (tertiary/aromatic N) is 1. The number of nitro groups is 1. The van der Waals surface area contributed by atoms with Gasteiger partial charge in [0.05, 0.1) is 32.6 Å². The van der Waals surface area contributed by atoms with Gasteiger partial charge in [-0.2, -0.15) is 0 Å². The molecule has 1 unspecified atom stereocenters. The maximum Gasteiger partial charge on any atom is 0.334 e. The van der Waals surface area contributed by atoms with Crippen LogP contribution < -0.4 is 5.32 Å². The number of dihydropyridines is 1. The Kier molecular flexibility index (Phi) is 4.78. The van der Waals surface area contributed by atoms with Gasteiger partial charge in [0.1, 0.15) is 0 Å². The normalized spacial score (nSPS) is 16.9. The highest BCUT2D eigenvalue weighted by Gasteiger charge is 2.38. The number of allylic oxidation sites excluding steroid dienone is 1. The minimum absolute atomic E-state index is 0.159. The summed E-state index contributed by atoms with van der Waals surface area (Å²) in [5.41, 5.74) is 0.239. The van der Waals surface area contributed by atoms with Crippen molar-refractivity contribution in [2.45, 2.75) is 12.8 Å². The molecular weight excluding hydrogens is 372 g/mol. The number of nitro benzene ring substituents is 1. The van der Waals surface area contributed by atoms with E-state index in [1.165, 1.54) is 35.6 Å². The third-order valence-corrected chi connectivity index (χ3v) is 5.09. The number of hydrogen-bond donors (Lipinski definition) is 3. The molecule has 0 amide bonds. The molecular formula is C18H14N2O6S. The first-order valence-electron chi connectivity index (χ1n) is 7.78. The topological polar surface area (TPSA) is 130 Å². The molecule has 1 aliphatic heterocycles. The fourth-order valence-corrected chi connectivity index (χ4v) is 3.85. The molecule has 2 heterocycles. The van der Waals surface area contributed by atoms with Crippen LogP contribution in [0.5, 0.6) is 0 Å². The summed E-state index contributed by atoms with van der Waals surface area (Å²) in [6, 6.07) is 8.86.